The van der Waals surface area contributed by atoms with Crippen LogP contribution < -0.4 is 5.32 Å². The molecular formula is C20H25ClN2O3. The number of aryl methyl sites for hydroxylation is 1. The van der Waals surface area contributed by atoms with Crippen LogP contribution in [0.15, 0.2) is 12.1 Å². The number of rotatable bonds is 5. The second-order valence-electron chi connectivity index (χ2n) is 7.08. The highest BCUT2D eigenvalue weighted by molar-refractivity contribution is 6.32. The fourth-order valence-electron chi connectivity index (χ4n) is 4.18. The molecule has 140 valence electrons. The fourth-order valence-corrected chi connectivity index (χ4v) is 4.47. The molecule has 1 N–H and O–H groups in total. The highest BCUT2D eigenvalue weighted by Gasteiger charge is 2.48. The molecule has 1 saturated heterocycles. The largest absolute Gasteiger partial charge is 0.324 e. The van der Waals surface area contributed by atoms with E-state index in [2.05, 4.69) is 5.32 Å². The molecule has 0 spiro atoms. The standard InChI is InChI=1S/C20H25ClN2O3/c1-3-12-9-10-16(21)13(4-2)18(12)22-17(24)11-23-19(25)14-7-5-6-8-15(14)20(23)26/h9-10,14-15H,3-8,11H2,1-2H3,(H,22,24)/t14-,15+. The van der Waals surface area contributed by atoms with Crippen LogP contribution in [0.3, 0.4) is 0 Å². The number of carbonyl (C=O) groups excluding carboxylic acids is 3. The van der Waals surface area contributed by atoms with E-state index in [-0.39, 0.29) is 36.1 Å². The van der Waals surface area contributed by atoms with Gasteiger partial charge >= 0.3 is 0 Å². The first-order valence-electron chi connectivity index (χ1n) is 9.43. The van der Waals surface area contributed by atoms with Crippen LogP contribution in [-0.4, -0.2) is 29.2 Å². The number of halogens is 1. The van der Waals surface area contributed by atoms with E-state index in [9.17, 15) is 14.4 Å². The first kappa shape index (κ1) is 18.9. The Bertz CT molecular complexity index is 723. The monoisotopic (exact) mass is 376 g/mol. The van der Waals surface area contributed by atoms with Gasteiger partial charge in [-0.2, -0.15) is 0 Å². The molecule has 26 heavy (non-hydrogen) atoms. The highest BCUT2D eigenvalue weighted by Crippen LogP contribution is 2.38. The van der Waals surface area contributed by atoms with Gasteiger partial charge in [-0.25, -0.2) is 0 Å². The lowest BCUT2D eigenvalue weighted by atomic mass is 9.81. The maximum atomic E-state index is 12.6. The molecule has 3 rings (SSSR count). The normalized spacial score (nSPS) is 22.5. The van der Waals surface area contributed by atoms with E-state index in [1.807, 2.05) is 26.0 Å². The Kier molecular flexibility index (Phi) is 5.66. The average molecular weight is 377 g/mol. The van der Waals surface area contributed by atoms with E-state index in [4.69, 9.17) is 11.6 Å². The maximum Gasteiger partial charge on any atom is 0.244 e. The third-order valence-corrected chi connectivity index (χ3v) is 5.93. The zero-order valence-corrected chi connectivity index (χ0v) is 16.1. The van der Waals surface area contributed by atoms with Crippen LogP contribution in [-0.2, 0) is 27.2 Å². The van der Waals surface area contributed by atoms with Gasteiger partial charge < -0.3 is 5.32 Å². The fraction of sp³-hybridized carbons (Fsp3) is 0.550. The molecule has 2 aliphatic rings. The lowest BCUT2D eigenvalue weighted by molar-refractivity contribution is -0.142. The number of nitrogens with one attached hydrogen (secondary N) is 1. The number of anilines is 1. The molecule has 5 nitrogen and oxygen atoms in total. The second-order valence-corrected chi connectivity index (χ2v) is 7.48. The van der Waals surface area contributed by atoms with Crippen molar-refractivity contribution in [3.05, 3.63) is 28.3 Å². The van der Waals surface area contributed by atoms with Gasteiger partial charge in [0, 0.05) is 10.7 Å². The van der Waals surface area contributed by atoms with Gasteiger partial charge in [-0.05, 0) is 42.9 Å². The van der Waals surface area contributed by atoms with Crippen LogP contribution in [0.1, 0.15) is 50.7 Å². The van der Waals surface area contributed by atoms with Gasteiger partial charge in [-0.1, -0.05) is 44.4 Å². The summed E-state index contributed by atoms with van der Waals surface area (Å²) in [5.74, 6) is -1.18. The van der Waals surface area contributed by atoms with Crippen molar-refractivity contribution in [3.63, 3.8) is 0 Å². The Morgan fingerprint density at radius 3 is 2.27 bits per heavy atom. The van der Waals surface area contributed by atoms with E-state index in [1.54, 1.807) is 0 Å². The Morgan fingerprint density at radius 2 is 1.73 bits per heavy atom. The van der Waals surface area contributed by atoms with Gasteiger partial charge in [0.05, 0.1) is 11.8 Å². The first-order valence-corrected chi connectivity index (χ1v) is 9.81. The molecule has 1 saturated carbocycles. The molecular weight excluding hydrogens is 352 g/mol. The summed E-state index contributed by atoms with van der Waals surface area (Å²) in [5.41, 5.74) is 2.59. The molecule has 0 aromatic heterocycles. The number of hydrogen-bond acceptors (Lipinski definition) is 3. The summed E-state index contributed by atoms with van der Waals surface area (Å²) in [6.45, 7) is 3.77. The Morgan fingerprint density at radius 1 is 1.12 bits per heavy atom. The molecule has 6 heteroatoms. The lowest BCUT2D eigenvalue weighted by Crippen LogP contribution is -2.38. The maximum absolute atomic E-state index is 12.6. The van der Waals surface area contributed by atoms with E-state index in [1.165, 1.54) is 0 Å². The Balaban J connectivity index is 1.77. The quantitative estimate of drug-likeness (QED) is 0.799. The summed E-state index contributed by atoms with van der Waals surface area (Å²) < 4.78 is 0. The van der Waals surface area contributed by atoms with Gasteiger partial charge in [-0.15, -0.1) is 0 Å². The molecule has 0 unspecified atom stereocenters. The number of imide groups is 1. The molecule has 0 radical (unpaired) electrons. The number of nitrogens with zero attached hydrogens (tertiary/aromatic N) is 1. The van der Waals surface area contributed by atoms with Gasteiger partial charge in [0.1, 0.15) is 6.54 Å². The average Bonchev–Trinajstić information content (AvgIpc) is 2.87. The highest BCUT2D eigenvalue weighted by atomic mass is 35.5. The van der Waals surface area contributed by atoms with Crippen LogP contribution >= 0.6 is 11.6 Å². The van der Waals surface area contributed by atoms with Gasteiger partial charge in [0.15, 0.2) is 0 Å². The number of likely N-dealkylation sites (tertiary alicyclic amines) is 1. The molecule has 3 amide bonds. The van der Waals surface area contributed by atoms with Gasteiger partial charge in [-0.3, -0.25) is 19.3 Å². The zero-order valence-electron chi connectivity index (χ0n) is 15.3. The third kappa shape index (κ3) is 3.37. The van der Waals surface area contributed by atoms with Crippen LogP contribution in [0.4, 0.5) is 5.69 Å². The number of fused-ring (bicyclic) bond motifs is 1. The molecule has 0 bridgehead atoms. The van der Waals surface area contributed by atoms with E-state index < -0.39 is 0 Å². The van der Waals surface area contributed by atoms with Crippen molar-refractivity contribution in [2.45, 2.75) is 52.4 Å². The van der Waals surface area contributed by atoms with E-state index in [0.29, 0.717) is 17.1 Å². The first-order chi connectivity index (χ1) is 12.5. The van der Waals surface area contributed by atoms with Crippen LogP contribution in [0.25, 0.3) is 0 Å². The van der Waals surface area contributed by atoms with Crippen LogP contribution in [0.5, 0.6) is 0 Å². The number of benzene rings is 1. The van der Waals surface area contributed by atoms with E-state index >= 15 is 0 Å². The predicted octanol–water partition coefficient (Wildman–Crippen LogP) is 3.58. The Hall–Kier alpha value is -1.88. The molecule has 2 fully saturated rings. The second kappa shape index (κ2) is 7.78. The topological polar surface area (TPSA) is 66.5 Å². The van der Waals surface area contributed by atoms with Crippen molar-refractivity contribution < 1.29 is 14.4 Å². The molecule has 1 aliphatic heterocycles. The third-order valence-electron chi connectivity index (χ3n) is 5.58. The summed E-state index contributed by atoms with van der Waals surface area (Å²) >= 11 is 6.27. The minimum absolute atomic E-state index is 0.188. The predicted molar refractivity (Wildman–Crippen MR) is 101 cm³/mol. The van der Waals surface area contributed by atoms with Crippen molar-refractivity contribution in [2.24, 2.45) is 11.8 Å². The molecule has 1 aromatic rings. The SMILES string of the molecule is CCc1ccc(Cl)c(CC)c1NC(=O)CN1C(=O)[C@H]2CCCC[C@H]2C1=O. The zero-order chi connectivity index (χ0) is 18.8. The molecule has 1 aromatic carbocycles. The van der Waals surface area contributed by atoms with Crippen LogP contribution in [0.2, 0.25) is 5.02 Å². The summed E-state index contributed by atoms with van der Waals surface area (Å²) in [6.07, 6.45) is 4.90. The van der Waals surface area contributed by atoms with Gasteiger partial charge in [0.25, 0.3) is 0 Å². The van der Waals surface area contributed by atoms with Crippen molar-refractivity contribution in [1.82, 2.24) is 4.90 Å². The number of carbonyl (C=O) groups is 3. The van der Waals surface area contributed by atoms with Gasteiger partial charge in [0.2, 0.25) is 17.7 Å². The number of amides is 3. The summed E-state index contributed by atoms with van der Waals surface area (Å²) in [5, 5.41) is 3.51. The van der Waals surface area contributed by atoms with Crippen molar-refractivity contribution in [3.8, 4) is 0 Å². The number of hydrogen-bond donors (Lipinski definition) is 1. The lowest BCUT2D eigenvalue weighted by Gasteiger charge is -2.19. The Labute approximate surface area is 159 Å². The minimum atomic E-state index is -0.350. The summed E-state index contributed by atoms with van der Waals surface area (Å²) in [7, 11) is 0. The molecule has 1 aliphatic carbocycles. The van der Waals surface area contributed by atoms with E-state index in [0.717, 1.165) is 48.1 Å². The van der Waals surface area contributed by atoms with Crippen molar-refractivity contribution in [2.75, 3.05) is 11.9 Å². The van der Waals surface area contributed by atoms with Crippen molar-refractivity contribution >= 4 is 35.0 Å². The minimum Gasteiger partial charge on any atom is -0.324 e. The summed E-state index contributed by atoms with van der Waals surface area (Å²) in [6, 6.07) is 3.74. The summed E-state index contributed by atoms with van der Waals surface area (Å²) in [4.78, 5) is 38.8. The smallest absolute Gasteiger partial charge is 0.244 e. The van der Waals surface area contributed by atoms with Crippen LogP contribution in [0, 0.1) is 11.8 Å². The molecule has 2 atom stereocenters. The van der Waals surface area contributed by atoms with Crippen molar-refractivity contribution in [1.29, 1.82) is 0 Å². The molecule has 1 heterocycles.